The normalized spacial score (nSPS) is 18.1. The lowest BCUT2D eigenvalue weighted by Gasteiger charge is -2.23. The fourth-order valence-corrected chi connectivity index (χ4v) is 4.54. The molecule has 114 valence electrons. The first-order valence-electron chi connectivity index (χ1n) is 8.20. The van der Waals surface area contributed by atoms with Crippen molar-refractivity contribution in [1.82, 2.24) is 5.32 Å². The van der Waals surface area contributed by atoms with Gasteiger partial charge in [0, 0.05) is 16.4 Å². The van der Waals surface area contributed by atoms with E-state index in [0.717, 1.165) is 28.9 Å². The van der Waals surface area contributed by atoms with Crippen molar-refractivity contribution in [2.24, 2.45) is 0 Å². The Kier molecular flexibility index (Phi) is 5.26. The van der Waals surface area contributed by atoms with Gasteiger partial charge >= 0.3 is 0 Å². The van der Waals surface area contributed by atoms with Gasteiger partial charge in [0.15, 0.2) is 0 Å². The lowest BCUT2D eigenvalue weighted by Crippen LogP contribution is -2.24. The molecule has 0 spiro atoms. The van der Waals surface area contributed by atoms with E-state index in [9.17, 15) is 0 Å². The van der Waals surface area contributed by atoms with E-state index >= 15 is 0 Å². The van der Waals surface area contributed by atoms with Gasteiger partial charge in [-0.25, -0.2) is 0 Å². The van der Waals surface area contributed by atoms with E-state index in [1.54, 1.807) is 0 Å². The average molecular weight is 303 g/mol. The van der Waals surface area contributed by atoms with Crippen LogP contribution in [0.15, 0.2) is 34.7 Å². The number of para-hydroxylation sites is 1. The van der Waals surface area contributed by atoms with Gasteiger partial charge in [-0.3, -0.25) is 0 Å². The van der Waals surface area contributed by atoms with E-state index in [0.29, 0.717) is 6.04 Å². The van der Waals surface area contributed by atoms with Crippen molar-refractivity contribution < 1.29 is 4.42 Å². The fraction of sp³-hybridized carbons (Fsp3) is 0.556. The maximum absolute atomic E-state index is 6.05. The third-order valence-electron chi connectivity index (χ3n) is 4.29. The summed E-state index contributed by atoms with van der Waals surface area (Å²) in [6, 6.07) is 10.8. The molecular weight excluding hydrogens is 278 g/mol. The molecule has 1 aromatic carbocycles. The van der Waals surface area contributed by atoms with Crippen LogP contribution in [-0.2, 0) is 0 Å². The molecule has 1 aromatic heterocycles. The van der Waals surface area contributed by atoms with Crippen molar-refractivity contribution in [3.05, 3.63) is 36.1 Å². The monoisotopic (exact) mass is 303 g/mol. The minimum absolute atomic E-state index is 0.328. The fourth-order valence-electron chi connectivity index (χ4n) is 3.13. The van der Waals surface area contributed by atoms with Gasteiger partial charge in [0.1, 0.15) is 11.3 Å². The zero-order chi connectivity index (χ0) is 14.5. The Morgan fingerprint density at radius 3 is 2.81 bits per heavy atom. The van der Waals surface area contributed by atoms with E-state index in [4.69, 9.17) is 4.42 Å². The van der Waals surface area contributed by atoms with Crippen LogP contribution >= 0.6 is 11.8 Å². The maximum Gasteiger partial charge on any atom is 0.134 e. The molecule has 1 N–H and O–H groups in total. The number of furan rings is 1. The van der Waals surface area contributed by atoms with Crippen LogP contribution in [0.25, 0.3) is 11.0 Å². The Morgan fingerprint density at radius 1 is 1.24 bits per heavy atom. The summed E-state index contributed by atoms with van der Waals surface area (Å²) in [5.41, 5.74) is 0.998. The molecule has 21 heavy (non-hydrogen) atoms. The van der Waals surface area contributed by atoms with Crippen LogP contribution in [0.1, 0.15) is 50.8 Å². The van der Waals surface area contributed by atoms with Crippen molar-refractivity contribution in [2.75, 3.05) is 12.3 Å². The highest BCUT2D eigenvalue weighted by Gasteiger charge is 2.19. The topological polar surface area (TPSA) is 25.2 Å². The van der Waals surface area contributed by atoms with Crippen molar-refractivity contribution in [1.29, 1.82) is 0 Å². The molecule has 0 radical (unpaired) electrons. The van der Waals surface area contributed by atoms with E-state index in [1.165, 1.54) is 37.5 Å². The van der Waals surface area contributed by atoms with Crippen LogP contribution < -0.4 is 5.32 Å². The highest BCUT2D eigenvalue weighted by atomic mass is 32.2. The summed E-state index contributed by atoms with van der Waals surface area (Å²) < 4.78 is 6.05. The molecular formula is C18H25NOS. The van der Waals surface area contributed by atoms with Gasteiger partial charge in [-0.15, -0.1) is 0 Å². The molecule has 0 amide bonds. The maximum atomic E-state index is 6.05. The third-order valence-corrected chi connectivity index (χ3v) is 5.76. The second-order valence-corrected chi connectivity index (χ2v) is 7.22. The van der Waals surface area contributed by atoms with Crippen LogP contribution in [0.2, 0.25) is 0 Å². The lowest BCUT2D eigenvalue weighted by molar-refractivity contribution is 0.461. The van der Waals surface area contributed by atoms with Crippen molar-refractivity contribution in [3.63, 3.8) is 0 Å². The molecule has 1 unspecified atom stereocenters. The smallest absolute Gasteiger partial charge is 0.134 e. The Labute approximate surface area is 131 Å². The molecule has 3 heteroatoms. The average Bonchev–Trinajstić information content (AvgIpc) is 2.96. The molecule has 2 aromatic rings. The molecule has 1 aliphatic rings. The zero-order valence-corrected chi connectivity index (χ0v) is 13.6. The van der Waals surface area contributed by atoms with Crippen LogP contribution in [0.3, 0.4) is 0 Å². The Morgan fingerprint density at radius 2 is 2.05 bits per heavy atom. The third kappa shape index (κ3) is 3.83. The Balaban J connectivity index is 1.67. The molecule has 0 bridgehead atoms. The lowest BCUT2D eigenvalue weighted by atomic mass is 10.0. The highest BCUT2D eigenvalue weighted by Crippen LogP contribution is 2.32. The van der Waals surface area contributed by atoms with Crippen LogP contribution in [0.5, 0.6) is 0 Å². The number of benzene rings is 1. The summed E-state index contributed by atoms with van der Waals surface area (Å²) >= 11 is 2.13. The number of thioether (sulfide) groups is 1. The predicted octanol–water partition coefficient (Wildman–Crippen LogP) is 5.15. The van der Waals surface area contributed by atoms with E-state index < -0.39 is 0 Å². The minimum Gasteiger partial charge on any atom is -0.459 e. The summed E-state index contributed by atoms with van der Waals surface area (Å²) in [6.45, 7) is 3.15. The minimum atomic E-state index is 0.328. The molecule has 1 atom stereocenters. The summed E-state index contributed by atoms with van der Waals surface area (Å²) in [4.78, 5) is 0. The van der Waals surface area contributed by atoms with Crippen molar-refractivity contribution in [3.8, 4) is 0 Å². The molecule has 0 aliphatic heterocycles. The van der Waals surface area contributed by atoms with Gasteiger partial charge in [0.05, 0.1) is 6.04 Å². The molecule has 3 rings (SSSR count). The molecule has 0 saturated heterocycles. The molecule has 1 heterocycles. The number of nitrogens with one attached hydrogen (secondary N) is 1. The Hall–Kier alpha value is -0.930. The molecule has 1 fully saturated rings. The summed E-state index contributed by atoms with van der Waals surface area (Å²) in [5.74, 6) is 2.19. The van der Waals surface area contributed by atoms with Crippen LogP contribution in [0.4, 0.5) is 0 Å². The number of hydrogen-bond donors (Lipinski definition) is 1. The van der Waals surface area contributed by atoms with Gasteiger partial charge in [0.25, 0.3) is 0 Å². The zero-order valence-electron chi connectivity index (χ0n) is 12.8. The number of hydrogen-bond acceptors (Lipinski definition) is 3. The Bertz CT molecular complexity index is 526. The van der Waals surface area contributed by atoms with E-state index in [2.05, 4.69) is 48.3 Å². The molecule has 1 saturated carbocycles. The SMILES string of the molecule is CCNC(CSC1CCCCC1)c1cc2ccccc2o1. The molecule has 1 aliphatic carbocycles. The number of fused-ring (bicyclic) bond motifs is 1. The van der Waals surface area contributed by atoms with E-state index in [1.807, 2.05) is 6.07 Å². The van der Waals surface area contributed by atoms with Gasteiger partial charge in [0.2, 0.25) is 0 Å². The summed E-state index contributed by atoms with van der Waals surface area (Å²) in [6.07, 6.45) is 7.03. The summed E-state index contributed by atoms with van der Waals surface area (Å²) in [7, 11) is 0. The number of rotatable bonds is 6. The second-order valence-electron chi connectivity index (χ2n) is 5.89. The quantitative estimate of drug-likeness (QED) is 0.799. The van der Waals surface area contributed by atoms with Gasteiger partial charge in [-0.2, -0.15) is 11.8 Å². The second kappa shape index (κ2) is 7.37. The first-order chi connectivity index (χ1) is 10.4. The van der Waals surface area contributed by atoms with Gasteiger partial charge in [-0.05, 0) is 31.5 Å². The van der Waals surface area contributed by atoms with Crippen LogP contribution in [0, 0.1) is 0 Å². The van der Waals surface area contributed by atoms with E-state index in [-0.39, 0.29) is 0 Å². The highest BCUT2D eigenvalue weighted by molar-refractivity contribution is 7.99. The first kappa shape index (κ1) is 15.0. The first-order valence-corrected chi connectivity index (χ1v) is 9.25. The predicted molar refractivity (Wildman–Crippen MR) is 92.0 cm³/mol. The largest absolute Gasteiger partial charge is 0.459 e. The van der Waals surface area contributed by atoms with Crippen molar-refractivity contribution in [2.45, 2.75) is 50.3 Å². The van der Waals surface area contributed by atoms with Crippen LogP contribution in [-0.4, -0.2) is 17.5 Å². The standard InChI is InChI=1S/C18H25NOS/c1-2-19-16(13-21-15-9-4-3-5-10-15)18-12-14-8-6-7-11-17(14)20-18/h6-8,11-12,15-16,19H,2-5,9-10,13H2,1H3. The van der Waals surface area contributed by atoms with Crippen molar-refractivity contribution >= 4 is 22.7 Å². The summed E-state index contributed by atoms with van der Waals surface area (Å²) in [5, 5.41) is 5.64. The van der Waals surface area contributed by atoms with Gasteiger partial charge in [-0.1, -0.05) is 44.4 Å². The molecule has 2 nitrogen and oxygen atoms in total. The van der Waals surface area contributed by atoms with Gasteiger partial charge < -0.3 is 9.73 Å².